The van der Waals surface area contributed by atoms with Crippen molar-refractivity contribution in [2.75, 3.05) is 26.2 Å². The van der Waals surface area contributed by atoms with Gasteiger partial charge in [-0.15, -0.1) is 0 Å². The van der Waals surface area contributed by atoms with Gasteiger partial charge >= 0.3 is 0 Å². The summed E-state index contributed by atoms with van der Waals surface area (Å²) < 4.78 is 4.84. The van der Waals surface area contributed by atoms with Crippen molar-refractivity contribution in [1.29, 1.82) is 0 Å². The summed E-state index contributed by atoms with van der Waals surface area (Å²) in [6.45, 7) is 4.16. The van der Waals surface area contributed by atoms with Crippen LogP contribution in [0, 0.1) is 5.92 Å². The van der Waals surface area contributed by atoms with Gasteiger partial charge in [-0.2, -0.15) is 0 Å². The van der Waals surface area contributed by atoms with E-state index in [4.69, 9.17) is 10.3 Å². The minimum atomic E-state index is 0.0529. The van der Waals surface area contributed by atoms with Gasteiger partial charge in [0.05, 0.1) is 11.6 Å². The second-order valence-electron chi connectivity index (χ2n) is 5.79. The number of aromatic nitrogens is 1. The molecular formula is C14H22N4O2. The number of hydrogen-bond donors (Lipinski definition) is 1. The first-order valence-corrected chi connectivity index (χ1v) is 7.40. The van der Waals surface area contributed by atoms with Gasteiger partial charge in [-0.1, -0.05) is 11.6 Å². The number of amides is 1. The number of piperazine rings is 1. The van der Waals surface area contributed by atoms with Crippen LogP contribution < -0.4 is 5.73 Å². The number of nitrogens with two attached hydrogens (primary N) is 1. The molecule has 1 amide bonds. The van der Waals surface area contributed by atoms with Crippen molar-refractivity contribution in [2.24, 2.45) is 11.7 Å². The monoisotopic (exact) mass is 278 g/mol. The fraction of sp³-hybridized carbons (Fsp3) is 0.714. The van der Waals surface area contributed by atoms with Crippen LogP contribution in [-0.4, -0.2) is 53.1 Å². The summed E-state index contributed by atoms with van der Waals surface area (Å²) in [5, 5.41) is 3.92. The first kappa shape index (κ1) is 13.6. The van der Waals surface area contributed by atoms with E-state index in [-0.39, 0.29) is 17.9 Å². The van der Waals surface area contributed by atoms with Crippen LogP contribution in [0.1, 0.15) is 25.0 Å². The molecule has 2 N–H and O–H groups in total. The van der Waals surface area contributed by atoms with E-state index in [1.807, 2.05) is 11.0 Å². The highest BCUT2D eigenvalue weighted by molar-refractivity contribution is 5.80. The Hall–Kier alpha value is -1.40. The van der Waals surface area contributed by atoms with Crippen molar-refractivity contribution in [3.63, 3.8) is 0 Å². The molecule has 1 aromatic rings. The third-order valence-corrected chi connectivity index (χ3v) is 4.45. The minimum absolute atomic E-state index is 0.0529. The molecular weight excluding hydrogens is 256 g/mol. The van der Waals surface area contributed by atoms with Crippen molar-refractivity contribution in [3.05, 3.63) is 18.0 Å². The summed E-state index contributed by atoms with van der Waals surface area (Å²) in [5.74, 6) is 0.313. The van der Waals surface area contributed by atoms with Crippen LogP contribution in [0.5, 0.6) is 0 Å². The largest absolute Gasteiger partial charge is 0.364 e. The van der Waals surface area contributed by atoms with E-state index in [1.54, 1.807) is 6.26 Å². The molecule has 6 nitrogen and oxygen atoms in total. The van der Waals surface area contributed by atoms with Gasteiger partial charge in [-0.3, -0.25) is 9.69 Å². The summed E-state index contributed by atoms with van der Waals surface area (Å²) in [7, 11) is 0. The molecule has 1 saturated carbocycles. The Bertz CT molecular complexity index is 440. The topological polar surface area (TPSA) is 75.6 Å². The summed E-state index contributed by atoms with van der Waals surface area (Å²) in [6, 6.07) is 1.95. The van der Waals surface area contributed by atoms with Crippen molar-refractivity contribution >= 4 is 5.91 Å². The van der Waals surface area contributed by atoms with Crippen LogP contribution >= 0.6 is 0 Å². The van der Waals surface area contributed by atoms with Crippen molar-refractivity contribution in [1.82, 2.24) is 15.0 Å². The first-order valence-electron chi connectivity index (χ1n) is 7.40. The zero-order chi connectivity index (χ0) is 13.9. The van der Waals surface area contributed by atoms with Crippen molar-refractivity contribution in [2.45, 2.75) is 31.8 Å². The third-order valence-electron chi connectivity index (χ3n) is 4.45. The standard InChI is InChI=1S/C14H22N4O2/c15-13-3-1-2-12(13)14(19)18-7-5-17(6-8-18)10-11-4-9-20-16-11/h4,9,12-13H,1-3,5-8,10,15H2/t12-,13+/m0/s1. The predicted octanol–water partition coefficient (Wildman–Crippen LogP) is 0.446. The Labute approximate surface area is 118 Å². The van der Waals surface area contributed by atoms with E-state index in [0.717, 1.165) is 57.7 Å². The van der Waals surface area contributed by atoms with E-state index in [2.05, 4.69) is 10.1 Å². The molecule has 2 aliphatic rings. The third kappa shape index (κ3) is 2.86. The van der Waals surface area contributed by atoms with E-state index in [1.165, 1.54) is 0 Å². The zero-order valence-electron chi connectivity index (χ0n) is 11.7. The number of nitrogens with zero attached hydrogens (tertiary/aromatic N) is 3. The van der Waals surface area contributed by atoms with E-state index in [9.17, 15) is 4.79 Å². The molecule has 0 radical (unpaired) electrons. The highest BCUT2D eigenvalue weighted by atomic mass is 16.5. The Balaban J connectivity index is 1.49. The van der Waals surface area contributed by atoms with E-state index >= 15 is 0 Å². The molecule has 2 atom stereocenters. The first-order chi connectivity index (χ1) is 9.74. The average Bonchev–Trinajstić information content (AvgIpc) is 3.10. The SMILES string of the molecule is N[C@@H]1CCC[C@@H]1C(=O)N1CCN(Cc2ccon2)CC1. The fourth-order valence-corrected chi connectivity index (χ4v) is 3.20. The zero-order valence-corrected chi connectivity index (χ0v) is 11.7. The Morgan fingerprint density at radius 3 is 2.75 bits per heavy atom. The Kier molecular flexibility index (Phi) is 4.03. The summed E-state index contributed by atoms with van der Waals surface area (Å²) >= 11 is 0. The van der Waals surface area contributed by atoms with Gasteiger partial charge in [-0.05, 0) is 12.8 Å². The molecule has 6 heteroatoms. The van der Waals surface area contributed by atoms with Gasteiger partial charge in [0.1, 0.15) is 6.26 Å². The normalized spacial score (nSPS) is 27.9. The van der Waals surface area contributed by atoms with Gasteiger partial charge < -0.3 is 15.2 Å². The molecule has 0 spiro atoms. The van der Waals surface area contributed by atoms with Crippen LogP contribution in [0.15, 0.2) is 16.9 Å². The van der Waals surface area contributed by atoms with Crippen LogP contribution in [-0.2, 0) is 11.3 Å². The molecule has 1 aromatic heterocycles. The lowest BCUT2D eigenvalue weighted by Crippen LogP contribution is -2.51. The molecule has 1 aliphatic carbocycles. The molecule has 0 bridgehead atoms. The lowest BCUT2D eigenvalue weighted by atomic mass is 10.0. The quantitative estimate of drug-likeness (QED) is 0.868. The summed E-state index contributed by atoms with van der Waals surface area (Å²) in [5.41, 5.74) is 6.97. The van der Waals surface area contributed by atoms with Gasteiger partial charge in [0.25, 0.3) is 0 Å². The molecule has 2 heterocycles. The molecule has 1 aliphatic heterocycles. The second-order valence-corrected chi connectivity index (χ2v) is 5.79. The van der Waals surface area contributed by atoms with Crippen LogP contribution in [0.4, 0.5) is 0 Å². The number of carbonyl (C=O) groups excluding carboxylic acids is 1. The van der Waals surface area contributed by atoms with Gasteiger partial charge in [-0.25, -0.2) is 0 Å². The maximum atomic E-state index is 12.4. The summed E-state index contributed by atoms with van der Waals surface area (Å²) in [6.07, 6.45) is 4.63. The molecule has 20 heavy (non-hydrogen) atoms. The van der Waals surface area contributed by atoms with E-state index < -0.39 is 0 Å². The highest BCUT2D eigenvalue weighted by Gasteiger charge is 2.34. The maximum absolute atomic E-state index is 12.4. The average molecular weight is 278 g/mol. The van der Waals surface area contributed by atoms with Gasteiger partial charge in [0.15, 0.2) is 0 Å². The molecule has 2 fully saturated rings. The lowest BCUT2D eigenvalue weighted by molar-refractivity contribution is -0.137. The minimum Gasteiger partial charge on any atom is -0.364 e. The van der Waals surface area contributed by atoms with Crippen LogP contribution in [0.2, 0.25) is 0 Å². The molecule has 1 saturated heterocycles. The van der Waals surface area contributed by atoms with Crippen molar-refractivity contribution in [3.8, 4) is 0 Å². The predicted molar refractivity (Wildman–Crippen MR) is 73.7 cm³/mol. The summed E-state index contributed by atoms with van der Waals surface area (Å²) in [4.78, 5) is 16.7. The van der Waals surface area contributed by atoms with Gasteiger partial charge in [0.2, 0.25) is 5.91 Å². The highest BCUT2D eigenvalue weighted by Crippen LogP contribution is 2.26. The fourth-order valence-electron chi connectivity index (χ4n) is 3.20. The molecule has 0 aromatic carbocycles. The number of carbonyl (C=O) groups is 1. The number of hydrogen-bond acceptors (Lipinski definition) is 5. The van der Waals surface area contributed by atoms with E-state index in [0.29, 0.717) is 0 Å². The molecule has 110 valence electrons. The molecule has 3 rings (SSSR count). The smallest absolute Gasteiger partial charge is 0.227 e. The van der Waals surface area contributed by atoms with Gasteiger partial charge in [0, 0.05) is 44.8 Å². The second kappa shape index (κ2) is 5.93. The Morgan fingerprint density at radius 1 is 1.35 bits per heavy atom. The lowest BCUT2D eigenvalue weighted by Gasteiger charge is -2.36. The molecule has 0 unspecified atom stereocenters. The Morgan fingerprint density at radius 2 is 2.15 bits per heavy atom. The van der Waals surface area contributed by atoms with Crippen LogP contribution in [0.25, 0.3) is 0 Å². The van der Waals surface area contributed by atoms with Crippen LogP contribution in [0.3, 0.4) is 0 Å². The number of rotatable bonds is 3. The maximum Gasteiger partial charge on any atom is 0.227 e. The van der Waals surface area contributed by atoms with Crippen molar-refractivity contribution < 1.29 is 9.32 Å².